The van der Waals surface area contributed by atoms with Crippen LogP contribution >= 0.6 is 11.8 Å². The Balaban J connectivity index is 1.72. The van der Waals surface area contributed by atoms with E-state index in [1.165, 1.54) is 5.56 Å². The average molecular weight is 286 g/mol. The fourth-order valence-corrected chi connectivity index (χ4v) is 2.64. The summed E-state index contributed by atoms with van der Waals surface area (Å²) in [7, 11) is 1.66. The minimum atomic E-state index is 0.654. The molecule has 0 saturated heterocycles. The first kappa shape index (κ1) is 12.9. The summed E-state index contributed by atoms with van der Waals surface area (Å²) in [6.07, 6.45) is 0. The summed E-state index contributed by atoms with van der Waals surface area (Å²) in [5.41, 5.74) is 9.15. The van der Waals surface area contributed by atoms with Crippen LogP contribution in [0, 0.1) is 0 Å². The minimum Gasteiger partial charge on any atom is -0.497 e. The van der Waals surface area contributed by atoms with Crippen molar-refractivity contribution in [2.45, 2.75) is 11.0 Å². The van der Waals surface area contributed by atoms with Gasteiger partial charge >= 0.3 is 0 Å². The fourth-order valence-electron chi connectivity index (χ4n) is 1.85. The summed E-state index contributed by atoms with van der Waals surface area (Å²) in [6, 6.07) is 13.4. The number of rotatable bonds is 4. The highest BCUT2D eigenvalue weighted by Gasteiger charge is 2.07. The molecule has 2 aromatic carbocycles. The SMILES string of the molecule is COc1ccc(CSc2nc3ccc(N)cc3o2)cc1. The van der Waals surface area contributed by atoms with Gasteiger partial charge in [-0.15, -0.1) is 0 Å². The van der Waals surface area contributed by atoms with Crippen molar-refractivity contribution in [3.63, 3.8) is 0 Å². The van der Waals surface area contributed by atoms with E-state index in [4.69, 9.17) is 14.9 Å². The Kier molecular flexibility index (Phi) is 3.52. The summed E-state index contributed by atoms with van der Waals surface area (Å²) in [5, 5.41) is 0.654. The molecule has 0 bridgehead atoms. The van der Waals surface area contributed by atoms with Gasteiger partial charge in [0.1, 0.15) is 11.3 Å². The lowest BCUT2D eigenvalue weighted by Crippen LogP contribution is -1.84. The molecule has 5 heteroatoms. The Morgan fingerprint density at radius 1 is 1.20 bits per heavy atom. The van der Waals surface area contributed by atoms with Crippen LogP contribution in [0.2, 0.25) is 0 Å². The van der Waals surface area contributed by atoms with Crippen LogP contribution in [0.5, 0.6) is 5.75 Å². The summed E-state index contributed by atoms with van der Waals surface area (Å²) >= 11 is 1.56. The molecule has 2 N–H and O–H groups in total. The van der Waals surface area contributed by atoms with Crippen LogP contribution in [-0.4, -0.2) is 12.1 Å². The van der Waals surface area contributed by atoms with Crippen molar-refractivity contribution in [2.75, 3.05) is 12.8 Å². The van der Waals surface area contributed by atoms with Gasteiger partial charge in [0.15, 0.2) is 5.58 Å². The van der Waals surface area contributed by atoms with Gasteiger partial charge in [0.25, 0.3) is 5.22 Å². The molecular formula is C15H14N2O2S. The van der Waals surface area contributed by atoms with Gasteiger partial charge < -0.3 is 14.9 Å². The van der Waals surface area contributed by atoms with E-state index in [1.54, 1.807) is 24.9 Å². The lowest BCUT2D eigenvalue weighted by molar-refractivity contribution is 0.414. The maximum absolute atomic E-state index is 5.72. The zero-order valence-electron chi connectivity index (χ0n) is 11.0. The number of nitrogen functional groups attached to an aromatic ring is 1. The van der Waals surface area contributed by atoms with E-state index in [2.05, 4.69) is 4.98 Å². The van der Waals surface area contributed by atoms with Crippen molar-refractivity contribution in [1.82, 2.24) is 4.98 Å². The molecular weight excluding hydrogens is 272 g/mol. The second-order valence-corrected chi connectivity index (χ2v) is 5.27. The highest BCUT2D eigenvalue weighted by molar-refractivity contribution is 7.98. The second kappa shape index (κ2) is 5.46. The molecule has 0 spiro atoms. The number of aromatic nitrogens is 1. The number of benzene rings is 2. The largest absolute Gasteiger partial charge is 0.497 e. The van der Waals surface area contributed by atoms with E-state index in [9.17, 15) is 0 Å². The standard InChI is InChI=1S/C15H14N2O2S/c1-18-12-5-2-10(3-6-12)9-20-15-17-13-7-4-11(16)8-14(13)19-15/h2-8H,9,16H2,1H3. The zero-order valence-corrected chi connectivity index (χ0v) is 11.8. The van der Waals surface area contributed by atoms with E-state index in [1.807, 2.05) is 36.4 Å². The Morgan fingerprint density at radius 2 is 2.00 bits per heavy atom. The Hall–Kier alpha value is -2.14. The van der Waals surface area contributed by atoms with Crippen LogP contribution in [0.25, 0.3) is 11.1 Å². The lowest BCUT2D eigenvalue weighted by atomic mass is 10.2. The van der Waals surface area contributed by atoms with Crippen molar-refractivity contribution >= 4 is 28.5 Å². The number of nitrogens with zero attached hydrogens (tertiary/aromatic N) is 1. The van der Waals surface area contributed by atoms with Gasteiger partial charge in [0, 0.05) is 17.5 Å². The van der Waals surface area contributed by atoms with Gasteiger partial charge in [0.05, 0.1) is 7.11 Å². The minimum absolute atomic E-state index is 0.654. The maximum atomic E-state index is 5.72. The fraction of sp³-hybridized carbons (Fsp3) is 0.133. The van der Waals surface area contributed by atoms with E-state index >= 15 is 0 Å². The molecule has 1 aromatic heterocycles. The molecule has 0 unspecified atom stereocenters. The predicted molar refractivity (Wildman–Crippen MR) is 81.0 cm³/mol. The van der Waals surface area contributed by atoms with Gasteiger partial charge in [-0.05, 0) is 29.8 Å². The third-order valence-corrected chi connectivity index (χ3v) is 3.81. The first-order chi connectivity index (χ1) is 9.74. The van der Waals surface area contributed by atoms with Crippen LogP contribution in [0.15, 0.2) is 52.1 Å². The Morgan fingerprint density at radius 3 is 2.75 bits per heavy atom. The topological polar surface area (TPSA) is 61.3 Å². The molecule has 3 rings (SSSR count). The number of hydrogen-bond donors (Lipinski definition) is 1. The molecule has 0 aliphatic carbocycles. The van der Waals surface area contributed by atoms with E-state index in [0.717, 1.165) is 22.6 Å². The normalized spacial score (nSPS) is 10.8. The molecule has 0 saturated carbocycles. The molecule has 0 fully saturated rings. The Bertz CT molecular complexity index is 722. The summed E-state index contributed by atoms with van der Waals surface area (Å²) < 4.78 is 10.8. The predicted octanol–water partition coefficient (Wildman–Crippen LogP) is 3.71. The first-order valence-electron chi connectivity index (χ1n) is 6.16. The van der Waals surface area contributed by atoms with Gasteiger partial charge in [-0.1, -0.05) is 23.9 Å². The summed E-state index contributed by atoms with van der Waals surface area (Å²) in [4.78, 5) is 4.42. The van der Waals surface area contributed by atoms with Crippen LogP contribution in [-0.2, 0) is 5.75 Å². The molecule has 0 amide bonds. The quantitative estimate of drug-likeness (QED) is 0.585. The summed E-state index contributed by atoms with van der Waals surface area (Å²) in [6.45, 7) is 0. The third kappa shape index (κ3) is 2.72. The number of oxazole rings is 1. The van der Waals surface area contributed by atoms with Crippen molar-refractivity contribution < 1.29 is 9.15 Å². The lowest BCUT2D eigenvalue weighted by Gasteiger charge is -2.01. The smallest absolute Gasteiger partial charge is 0.257 e. The average Bonchev–Trinajstić information content (AvgIpc) is 2.87. The molecule has 4 nitrogen and oxygen atoms in total. The highest BCUT2D eigenvalue weighted by atomic mass is 32.2. The van der Waals surface area contributed by atoms with Crippen LogP contribution in [0.4, 0.5) is 5.69 Å². The van der Waals surface area contributed by atoms with E-state index in [-0.39, 0.29) is 0 Å². The number of ether oxygens (including phenoxy) is 1. The van der Waals surface area contributed by atoms with Crippen molar-refractivity contribution in [3.8, 4) is 5.75 Å². The molecule has 0 aliphatic rings. The van der Waals surface area contributed by atoms with Gasteiger partial charge in [-0.2, -0.15) is 0 Å². The highest BCUT2D eigenvalue weighted by Crippen LogP contribution is 2.27. The maximum Gasteiger partial charge on any atom is 0.257 e. The molecule has 20 heavy (non-hydrogen) atoms. The Labute approximate surface area is 120 Å². The summed E-state index contributed by atoms with van der Waals surface area (Å²) in [5.74, 6) is 1.66. The van der Waals surface area contributed by atoms with E-state index < -0.39 is 0 Å². The monoisotopic (exact) mass is 286 g/mol. The molecule has 1 heterocycles. The molecule has 102 valence electrons. The number of thioether (sulfide) groups is 1. The van der Waals surface area contributed by atoms with Crippen molar-refractivity contribution in [2.24, 2.45) is 0 Å². The zero-order chi connectivity index (χ0) is 13.9. The molecule has 3 aromatic rings. The first-order valence-corrected chi connectivity index (χ1v) is 7.15. The van der Waals surface area contributed by atoms with E-state index in [0.29, 0.717) is 10.9 Å². The second-order valence-electron chi connectivity index (χ2n) is 4.34. The van der Waals surface area contributed by atoms with Gasteiger partial charge in [-0.25, -0.2) is 4.98 Å². The van der Waals surface area contributed by atoms with Crippen LogP contribution < -0.4 is 10.5 Å². The van der Waals surface area contributed by atoms with Crippen LogP contribution in [0.3, 0.4) is 0 Å². The van der Waals surface area contributed by atoms with Crippen molar-refractivity contribution in [1.29, 1.82) is 0 Å². The number of methoxy groups -OCH3 is 1. The number of hydrogen-bond acceptors (Lipinski definition) is 5. The van der Waals surface area contributed by atoms with Gasteiger partial charge in [0.2, 0.25) is 0 Å². The van der Waals surface area contributed by atoms with Crippen LogP contribution in [0.1, 0.15) is 5.56 Å². The number of anilines is 1. The van der Waals surface area contributed by atoms with Gasteiger partial charge in [-0.3, -0.25) is 0 Å². The number of fused-ring (bicyclic) bond motifs is 1. The van der Waals surface area contributed by atoms with Crippen molar-refractivity contribution in [3.05, 3.63) is 48.0 Å². The third-order valence-electron chi connectivity index (χ3n) is 2.91. The number of nitrogens with two attached hydrogens (primary N) is 1. The molecule has 0 aliphatic heterocycles. The molecule has 0 atom stereocenters. The molecule has 0 radical (unpaired) electrons.